The van der Waals surface area contributed by atoms with Crippen molar-refractivity contribution in [3.63, 3.8) is 0 Å². The number of methoxy groups -OCH3 is 1. The molecule has 3 heteroatoms. The van der Waals surface area contributed by atoms with E-state index in [1.165, 1.54) is 19.3 Å². The summed E-state index contributed by atoms with van der Waals surface area (Å²) >= 11 is 2.08. The molecule has 1 saturated carbocycles. The summed E-state index contributed by atoms with van der Waals surface area (Å²) in [5.41, 5.74) is 0.443. The fourth-order valence-corrected chi connectivity index (χ4v) is 4.23. The van der Waals surface area contributed by atoms with Gasteiger partial charge >= 0.3 is 0 Å². The van der Waals surface area contributed by atoms with E-state index in [0.717, 1.165) is 24.2 Å². The highest BCUT2D eigenvalue weighted by Gasteiger charge is 2.38. The Morgan fingerprint density at radius 2 is 2.19 bits per heavy atom. The van der Waals surface area contributed by atoms with Crippen LogP contribution in [-0.2, 0) is 4.74 Å². The topological polar surface area (TPSA) is 21.3 Å². The highest BCUT2D eigenvalue weighted by molar-refractivity contribution is 8.00. The normalized spacial score (nSPS) is 29.2. The third-order valence-corrected chi connectivity index (χ3v) is 4.91. The highest BCUT2D eigenvalue weighted by atomic mass is 32.2. The van der Waals surface area contributed by atoms with Gasteiger partial charge in [0.1, 0.15) is 0 Å². The van der Waals surface area contributed by atoms with Gasteiger partial charge in [-0.2, -0.15) is 11.8 Å². The van der Waals surface area contributed by atoms with Crippen LogP contribution < -0.4 is 5.32 Å². The van der Waals surface area contributed by atoms with Crippen molar-refractivity contribution in [2.45, 2.75) is 51.3 Å². The predicted octanol–water partition coefficient (Wildman–Crippen LogP) is 2.92. The summed E-state index contributed by atoms with van der Waals surface area (Å²) < 4.78 is 5.14. The van der Waals surface area contributed by atoms with E-state index in [0.29, 0.717) is 11.5 Å². The van der Waals surface area contributed by atoms with Gasteiger partial charge in [0.2, 0.25) is 0 Å². The molecule has 16 heavy (non-hydrogen) atoms. The van der Waals surface area contributed by atoms with Gasteiger partial charge in [0.05, 0.1) is 6.61 Å². The van der Waals surface area contributed by atoms with Crippen LogP contribution in [0.2, 0.25) is 0 Å². The van der Waals surface area contributed by atoms with Crippen LogP contribution in [0, 0.1) is 5.41 Å². The Hall–Kier alpha value is 0.270. The van der Waals surface area contributed by atoms with Crippen molar-refractivity contribution in [3.8, 4) is 0 Å². The zero-order valence-electron chi connectivity index (χ0n) is 11.2. The molecule has 1 aliphatic rings. The van der Waals surface area contributed by atoms with E-state index in [1.54, 1.807) is 7.11 Å². The molecule has 0 amide bonds. The van der Waals surface area contributed by atoms with Crippen molar-refractivity contribution in [2.24, 2.45) is 5.41 Å². The van der Waals surface area contributed by atoms with Crippen LogP contribution in [0.1, 0.15) is 40.0 Å². The van der Waals surface area contributed by atoms with Gasteiger partial charge in [-0.25, -0.2) is 0 Å². The van der Waals surface area contributed by atoms with Crippen molar-refractivity contribution >= 4 is 11.8 Å². The van der Waals surface area contributed by atoms with E-state index >= 15 is 0 Å². The monoisotopic (exact) mass is 245 g/mol. The summed E-state index contributed by atoms with van der Waals surface area (Å²) in [5.74, 6) is 1.12. The molecule has 0 aromatic carbocycles. The lowest BCUT2D eigenvalue weighted by Crippen LogP contribution is -2.51. The van der Waals surface area contributed by atoms with Crippen molar-refractivity contribution in [3.05, 3.63) is 0 Å². The van der Waals surface area contributed by atoms with Crippen LogP contribution >= 0.6 is 11.8 Å². The van der Waals surface area contributed by atoms with Gasteiger partial charge < -0.3 is 10.1 Å². The van der Waals surface area contributed by atoms with Gasteiger partial charge in [-0.15, -0.1) is 0 Å². The highest BCUT2D eigenvalue weighted by Crippen LogP contribution is 2.40. The lowest BCUT2D eigenvalue weighted by atomic mass is 9.73. The SMILES string of the molecule is CCNC1C(SCCOC)CCCC1(C)C. The first kappa shape index (κ1) is 14.3. The van der Waals surface area contributed by atoms with Gasteiger partial charge in [0.25, 0.3) is 0 Å². The third kappa shape index (κ3) is 3.94. The van der Waals surface area contributed by atoms with E-state index in [-0.39, 0.29) is 0 Å². The van der Waals surface area contributed by atoms with Crippen LogP contribution in [0.4, 0.5) is 0 Å². The van der Waals surface area contributed by atoms with E-state index in [4.69, 9.17) is 4.74 Å². The molecule has 0 spiro atoms. The van der Waals surface area contributed by atoms with Gasteiger partial charge in [-0.3, -0.25) is 0 Å². The van der Waals surface area contributed by atoms with Crippen LogP contribution in [0.3, 0.4) is 0 Å². The summed E-state index contributed by atoms with van der Waals surface area (Å²) in [4.78, 5) is 0. The first-order valence-electron chi connectivity index (χ1n) is 6.45. The number of ether oxygens (including phenoxy) is 1. The van der Waals surface area contributed by atoms with E-state index in [2.05, 4.69) is 37.8 Å². The molecule has 0 aromatic heterocycles. The fraction of sp³-hybridized carbons (Fsp3) is 1.00. The maximum Gasteiger partial charge on any atom is 0.0553 e. The summed E-state index contributed by atoms with van der Waals surface area (Å²) in [6.45, 7) is 8.98. The molecule has 0 heterocycles. The summed E-state index contributed by atoms with van der Waals surface area (Å²) in [7, 11) is 1.78. The molecule has 0 radical (unpaired) electrons. The van der Waals surface area contributed by atoms with Crippen molar-refractivity contribution in [1.29, 1.82) is 0 Å². The molecule has 96 valence electrons. The Bertz CT molecular complexity index is 196. The maximum atomic E-state index is 5.14. The van der Waals surface area contributed by atoms with E-state index < -0.39 is 0 Å². The molecule has 0 aromatic rings. The van der Waals surface area contributed by atoms with E-state index in [9.17, 15) is 0 Å². The number of hydrogen-bond donors (Lipinski definition) is 1. The molecule has 2 atom stereocenters. The van der Waals surface area contributed by atoms with Crippen molar-refractivity contribution < 1.29 is 4.74 Å². The average Bonchev–Trinajstić information content (AvgIpc) is 2.23. The minimum absolute atomic E-state index is 0.443. The Morgan fingerprint density at radius 1 is 1.44 bits per heavy atom. The van der Waals surface area contributed by atoms with Crippen LogP contribution in [-0.4, -0.2) is 37.3 Å². The molecular formula is C13H27NOS. The molecule has 0 aliphatic heterocycles. The number of hydrogen-bond acceptors (Lipinski definition) is 3. The zero-order valence-corrected chi connectivity index (χ0v) is 12.0. The van der Waals surface area contributed by atoms with Crippen molar-refractivity contribution in [2.75, 3.05) is 26.0 Å². The lowest BCUT2D eigenvalue weighted by Gasteiger charge is -2.44. The molecule has 1 fully saturated rings. The van der Waals surface area contributed by atoms with Crippen LogP contribution in [0.5, 0.6) is 0 Å². The maximum absolute atomic E-state index is 5.14. The Morgan fingerprint density at radius 3 is 2.81 bits per heavy atom. The first-order chi connectivity index (χ1) is 7.61. The lowest BCUT2D eigenvalue weighted by molar-refractivity contribution is 0.176. The van der Waals surface area contributed by atoms with Crippen molar-refractivity contribution in [1.82, 2.24) is 5.32 Å². The smallest absolute Gasteiger partial charge is 0.0553 e. The summed E-state index contributed by atoms with van der Waals surface area (Å²) in [6.07, 6.45) is 4.08. The quantitative estimate of drug-likeness (QED) is 0.727. The van der Waals surface area contributed by atoms with Gasteiger partial charge in [-0.05, 0) is 24.8 Å². The minimum Gasteiger partial charge on any atom is -0.384 e. The molecule has 1 rings (SSSR count). The second-order valence-corrected chi connectivity index (χ2v) is 6.67. The third-order valence-electron chi connectivity index (χ3n) is 3.57. The second-order valence-electron chi connectivity index (χ2n) is 5.32. The number of thioether (sulfide) groups is 1. The predicted molar refractivity (Wildman–Crippen MR) is 73.2 cm³/mol. The van der Waals surface area contributed by atoms with E-state index in [1.807, 2.05) is 0 Å². The summed E-state index contributed by atoms with van der Waals surface area (Å²) in [6, 6.07) is 0.660. The average molecular weight is 245 g/mol. The Balaban J connectivity index is 2.51. The number of nitrogens with one attached hydrogen (secondary N) is 1. The molecule has 2 unspecified atom stereocenters. The van der Waals surface area contributed by atoms with Gasteiger partial charge in [0.15, 0.2) is 0 Å². The van der Waals surface area contributed by atoms with Gasteiger partial charge in [-0.1, -0.05) is 27.2 Å². The molecule has 2 nitrogen and oxygen atoms in total. The van der Waals surface area contributed by atoms with Crippen LogP contribution in [0.15, 0.2) is 0 Å². The number of rotatable bonds is 6. The first-order valence-corrected chi connectivity index (χ1v) is 7.50. The van der Waals surface area contributed by atoms with Gasteiger partial charge in [0, 0.05) is 24.2 Å². The molecule has 1 aliphatic carbocycles. The molecule has 1 N–H and O–H groups in total. The molecule has 0 saturated heterocycles. The standard InChI is InChI=1S/C13H27NOS/c1-5-14-12-11(16-10-9-15-4)7-6-8-13(12,2)3/h11-12,14H,5-10H2,1-4H3. The largest absolute Gasteiger partial charge is 0.384 e. The fourth-order valence-electron chi connectivity index (χ4n) is 2.67. The van der Waals surface area contributed by atoms with Crippen LogP contribution in [0.25, 0.3) is 0 Å². The summed E-state index contributed by atoms with van der Waals surface area (Å²) in [5, 5.41) is 4.45. The minimum atomic E-state index is 0.443. The Kier molecular flexibility index (Phi) is 6.16. The molecular weight excluding hydrogens is 218 g/mol. The zero-order chi connectivity index (χ0) is 12.0. The Labute approximate surface area is 105 Å². The molecule has 0 bridgehead atoms. The second kappa shape index (κ2) is 6.87.